The van der Waals surface area contributed by atoms with Gasteiger partial charge < -0.3 is 9.64 Å². The third-order valence-electron chi connectivity index (χ3n) is 7.21. The van der Waals surface area contributed by atoms with E-state index < -0.39 is 58.9 Å². The fourth-order valence-corrected chi connectivity index (χ4v) is 6.26. The predicted molar refractivity (Wildman–Crippen MR) is 147 cm³/mol. The molecule has 2 heterocycles. The van der Waals surface area contributed by atoms with Crippen LogP contribution in [-0.4, -0.2) is 51.8 Å². The first kappa shape index (κ1) is 33.6. The first-order chi connectivity index (χ1) is 20.5. The van der Waals surface area contributed by atoms with Crippen LogP contribution in [0.25, 0.3) is 0 Å². The summed E-state index contributed by atoms with van der Waals surface area (Å²) in [6.45, 7) is 0.00376. The largest absolute Gasteiger partial charge is 0.490 e. The molecule has 2 aliphatic rings. The fraction of sp³-hybridized carbons (Fsp3) is 0.481. The van der Waals surface area contributed by atoms with Gasteiger partial charge >= 0.3 is 18.3 Å². The SMILES string of the molecule is N#Cc1nccc(N2C(=O)C3(CCC3)N(c3ccc(OCCCSCCCC(F)(F)C(F)(F)F)c(F)c3)C2=S)c1C(F)(F)F. The van der Waals surface area contributed by atoms with Gasteiger partial charge in [0.05, 0.1) is 12.3 Å². The number of alkyl halides is 8. The van der Waals surface area contributed by atoms with Crippen LogP contribution in [0.15, 0.2) is 30.5 Å². The zero-order valence-electron chi connectivity index (χ0n) is 22.6. The highest BCUT2D eigenvalue weighted by Crippen LogP contribution is 2.50. The Hall–Kier alpha value is -3.26. The Morgan fingerprint density at radius 3 is 2.32 bits per heavy atom. The molecule has 0 bridgehead atoms. The molecule has 1 aliphatic heterocycles. The third-order valence-corrected chi connectivity index (χ3v) is 8.73. The maximum atomic E-state index is 15.1. The minimum atomic E-state index is -5.59. The molecule has 2 aromatic rings. The Balaban J connectivity index is 1.42. The van der Waals surface area contributed by atoms with E-state index in [0.29, 0.717) is 23.5 Å². The van der Waals surface area contributed by atoms with E-state index in [2.05, 4.69) is 4.98 Å². The molecule has 6 nitrogen and oxygen atoms in total. The number of amides is 1. The number of hydrogen-bond acceptors (Lipinski definition) is 6. The van der Waals surface area contributed by atoms with E-state index in [4.69, 9.17) is 17.0 Å². The molecule has 4 rings (SSSR count). The molecule has 0 unspecified atom stereocenters. The van der Waals surface area contributed by atoms with Gasteiger partial charge in [0.1, 0.15) is 17.2 Å². The molecule has 1 saturated carbocycles. The van der Waals surface area contributed by atoms with Gasteiger partial charge in [0.2, 0.25) is 0 Å². The monoisotopic (exact) mass is 670 g/mol. The van der Waals surface area contributed by atoms with Crippen molar-refractivity contribution in [3.63, 3.8) is 0 Å². The van der Waals surface area contributed by atoms with Crippen LogP contribution in [-0.2, 0) is 11.0 Å². The number of halogens is 9. The molecule has 1 amide bonds. The molecular weight excluding hydrogens is 647 g/mol. The van der Waals surface area contributed by atoms with Crippen LogP contribution in [0.4, 0.5) is 50.9 Å². The molecule has 1 aliphatic carbocycles. The molecule has 44 heavy (non-hydrogen) atoms. The topological polar surface area (TPSA) is 69.5 Å². The van der Waals surface area contributed by atoms with Gasteiger partial charge in [0.25, 0.3) is 5.91 Å². The van der Waals surface area contributed by atoms with Crippen LogP contribution < -0.4 is 14.5 Å². The summed E-state index contributed by atoms with van der Waals surface area (Å²) in [5, 5.41) is 8.91. The van der Waals surface area contributed by atoms with Gasteiger partial charge in [-0.25, -0.2) is 9.37 Å². The van der Waals surface area contributed by atoms with Gasteiger partial charge in [-0.05, 0) is 74.0 Å². The lowest BCUT2D eigenvalue weighted by Gasteiger charge is -2.43. The predicted octanol–water partition coefficient (Wildman–Crippen LogP) is 7.65. The summed E-state index contributed by atoms with van der Waals surface area (Å²) in [6.07, 6.45) is -9.92. The number of rotatable bonds is 11. The molecule has 238 valence electrons. The van der Waals surface area contributed by atoms with Crippen molar-refractivity contribution in [3.05, 3.63) is 47.5 Å². The average molecular weight is 671 g/mol. The van der Waals surface area contributed by atoms with Crippen molar-refractivity contribution < 1.29 is 49.0 Å². The van der Waals surface area contributed by atoms with E-state index in [1.165, 1.54) is 23.1 Å². The molecule has 2 fully saturated rings. The highest BCUT2D eigenvalue weighted by molar-refractivity contribution is 7.99. The Kier molecular flexibility index (Phi) is 9.65. The van der Waals surface area contributed by atoms with Crippen molar-refractivity contribution in [3.8, 4) is 11.8 Å². The number of hydrogen-bond donors (Lipinski definition) is 0. The molecule has 1 spiro atoms. The van der Waals surface area contributed by atoms with Crippen LogP contribution in [0.5, 0.6) is 5.75 Å². The van der Waals surface area contributed by atoms with Crippen LogP contribution >= 0.6 is 24.0 Å². The Morgan fingerprint density at radius 2 is 1.75 bits per heavy atom. The summed E-state index contributed by atoms with van der Waals surface area (Å²) in [5.74, 6) is -6.07. The number of thioether (sulfide) groups is 1. The fourth-order valence-electron chi connectivity index (χ4n) is 4.92. The molecule has 17 heteroatoms. The second kappa shape index (κ2) is 12.6. The number of thiocarbonyl (C=S) groups is 1. The summed E-state index contributed by atoms with van der Waals surface area (Å²) in [7, 11) is 0. The minimum absolute atomic E-state index is 0.00376. The first-order valence-corrected chi connectivity index (χ1v) is 14.7. The number of anilines is 2. The van der Waals surface area contributed by atoms with Crippen LogP contribution in [0.3, 0.4) is 0 Å². The van der Waals surface area contributed by atoms with E-state index in [1.54, 1.807) is 0 Å². The molecule has 0 atom stereocenters. The number of ether oxygens (including phenoxy) is 1. The lowest BCUT2D eigenvalue weighted by molar-refractivity contribution is -0.284. The standard InChI is InChI=1S/C27H23F9N4O2S2/c28-17-14-16(4-5-20(17)42-11-3-13-44-12-2-9-25(29,30)27(34,35)36)40-23(43)39(22(41)24(40)7-1-8-24)19-6-10-38-18(15-37)21(19)26(31,32)33/h4-6,10,14H,1-3,7-9,11-13H2. The van der Waals surface area contributed by atoms with E-state index in [9.17, 15) is 45.2 Å². The van der Waals surface area contributed by atoms with E-state index in [0.717, 1.165) is 30.1 Å². The Morgan fingerprint density at radius 1 is 1.07 bits per heavy atom. The van der Waals surface area contributed by atoms with Crippen molar-refractivity contribution in [2.45, 2.75) is 62.3 Å². The van der Waals surface area contributed by atoms with Gasteiger partial charge in [-0.1, -0.05) is 0 Å². The number of aromatic nitrogens is 1. The number of nitrogens with zero attached hydrogens (tertiary/aromatic N) is 4. The van der Waals surface area contributed by atoms with Gasteiger partial charge in [-0.15, -0.1) is 0 Å². The summed E-state index contributed by atoms with van der Waals surface area (Å²) < 4.78 is 125. The third kappa shape index (κ3) is 6.42. The summed E-state index contributed by atoms with van der Waals surface area (Å²) in [6, 6.07) is 6.03. The molecule has 0 N–H and O–H groups in total. The quantitative estimate of drug-likeness (QED) is 0.138. The van der Waals surface area contributed by atoms with E-state index in [1.807, 2.05) is 0 Å². The normalized spacial score (nSPS) is 16.8. The number of carbonyl (C=O) groups excluding carboxylic acids is 1. The Labute approximate surface area is 255 Å². The van der Waals surface area contributed by atoms with Crippen molar-refractivity contribution in [2.24, 2.45) is 0 Å². The maximum Gasteiger partial charge on any atom is 0.453 e. The summed E-state index contributed by atoms with van der Waals surface area (Å²) in [4.78, 5) is 19.1. The van der Waals surface area contributed by atoms with Crippen LogP contribution in [0.1, 0.15) is 49.8 Å². The molecule has 1 saturated heterocycles. The number of carbonyl (C=O) groups is 1. The second-order valence-corrected chi connectivity index (χ2v) is 11.6. The molecule has 0 radical (unpaired) electrons. The number of pyridine rings is 1. The van der Waals surface area contributed by atoms with Crippen molar-refractivity contribution in [1.29, 1.82) is 5.26 Å². The van der Waals surface area contributed by atoms with Crippen molar-refractivity contribution in [2.75, 3.05) is 27.9 Å². The van der Waals surface area contributed by atoms with E-state index in [-0.39, 0.29) is 48.2 Å². The zero-order valence-corrected chi connectivity index (χ0v) is 24.2. The number of nitriles is 1. The lowest BCUT2D eigenvalue weighted by Crippen LogP contribution is -2.55. The molecule has 1 aromatic carbocycles. The van der Waals surface area contributed by atoms with Gasteiger partial charge in [-0.3, -0.25) is 9.69 Å². The highest BCUT2D eigenvalue weighted by Gasteiger charge is 2.61. The smallest absolute Gasteiger partial charge is 0.453 e. The van der Waals surface area contributed by atoms with Gasteiger partial charge in [0, 0.05) is 24.4 Å². The van der Waals surface area contributed by atoms with Gasteiger partial charge in [-0.2, -0.15) is 52.1 Å². The minimum Gasteiger partial charge on any atom is -0.490 e. The van der Waals surface area contributed by atoms with Crippen molar-refractivity contribution in [1.82, 2.24) is 4.98 Å². The summed E-state index contributed by atoms with van der Waals surface area (Å²) >= 11 is 6.62. The van der Waals surface area contributed by atoms with E-state index >= 15 is 4.39 Å². The first-order valence-electron chi connectivity index (χ1n) is 13.1. The number of benzene rings is 1. The molecule has 1 aromatic heterocycles. The van der Waals surface area contributed by atoms with Crippen LogP contribution in [0.2, 0.25) is 0 Å². The zero-order chi connectivity index (χ0) is 32.5. The lowest BCUT2D eigenvalue weighted by atomic mass is 9.75. The van der Waals surface area contributed by atoms with Crippen molar-refractivity contribution >= 4 is 46.4 Å². The Bertz CT molecular complexity index is 1460. The average Bonchev–Trinajstić information content (AvgIpc) is 3.15. The van der Waals surface area contributed by atoms with Gasteiger partial charge in [0.15, 0.2) is 22.4 Å². The summed E-state index contributed by atoms with van der Waals surface area (Å²) in [5.41, 5.74) is -4.24. The highest BCUT2D eigenvalue weighted by atomic mass is 32.2. The molecular formula is C27H23F9N4O2S2. The second-order valence-electron chi connectivity index (χ2n) is 10.0. The van der Waals surface area contributed by atoms with Crippen LogP contribution in [0, 0.1) is 17.1 Å². The maximum absolute atomic E-state index is 15.1.